The first-order valence-electron chi connectivity index (χ1n) is 9.12. The number of aromatic nitrogens is 5. The zero-order valence-corrected chi connectivity index (χ0v) is 18.0. The van der Waals surface area contributed by atoms with E-state index in [4.69, 9.17) is 16.6 Å². The van der Waals surface area contributed by atoms with E-state index in [-0.39, 0.29) is 11.7 Å². The monoisotopic (exact) mass is 445 g/mol. The molecule has 0 amide bonds. The van der Waals surface area contributed by atoms with Gasteiger partial charge in [0.05, 0.1) is 17.5 Å². The topological polar surface area (TPSA) is 97.9 Å². The summed E-state index contributed by atoms with van der Waals surface area (Å²) in [6.45, 7) is 0.605. The fraction of sp³-hybridized carbons (Fsp3) is 0.211. The summed E-state index contributed by atoms with van der Waals surface area (Å²) in [5.74, 6) is 0.685. The first-order valence-corrected chi connectivity index (χ1v) is 11.0. The van der Waals surface area contributed by atoms with Crippen LogP contribution in [0, 0.1) is 0 Å². The zero-order chi connectivity index (χ0) is 21.3. The molecule has 1 aromatic carbocycles. The van der Waals surface area contributed by atoms with E-state index in [1.54, 1.807) is 31.8 Å². The van der Waals surface area contributed by atoms with Crippen molar-refractivity contribution in [3.63, 3.8) is 0 Å². The molecule has 9 nitrogen and oxygen atoms in total. The highest BCUT2D eigenvalue weighted by molar-refractivity contribution is 7.89. The first-order chi connectivity index (χ1) is 14.3. The molecule has 30 heavy (non-hydrogen) atoms. The van der Waals surface area contributed by atoms with Gasteiger partial charge in [-0.25, -0.2) is 28.1 Å². The molecule has 1 N–H and O–H groups in total. The van der Waals surface area contributed by atoms with Crippen molar-refractivity contribution in [2.75, 3.05) is 25.0 Å². The van der Waals surface area contributed by atoms with Gasteiger partial charge in [-0.1, -0.05) is 11.6 Å². The number of hydrogen-bond acceptors (Lipinski definition) is 6. The zero-order valence-electron chi connectivity index (χ0n) is 16.4. The number of pyridine rings is 1. The maximum Gasteiger partial charge on any atom is 0.274 e. The Kier molecular flexibility index (Phi) is 5.46. The number of hydrogen-bond donors (Lipinski definition) is 1. The molecule has 3 aromatic heterocycles. The number of anilines is 1. The lowest BCUT2D eigenvalue weighted by Crippen LogP contribution is -2.34. The van der Waals surface area contributed by atoms with Crippen LogP contribution in [0.2, 0.25) is 5.02 Å². The van der Waals surface area contributed by atoms with Crippen LogP contribution in [0.4, 0.5) is 5.82 Å². The Labute approximate surface area is 179 Å². The maximum atomic E-state index is 12.4. The lowest BCUT2D eigenvalue weighted by molar-refractivity contribution is 0.564. The van der Waals surface area contributed by atoms with E-state index in [1.165, 1.54) is 10.8 Å². The van der Waals surface area contributed by atoms with Gasteiger partial charge in [-0.3, -0.25) is 0 Å². The molecule has 0 unspecified atom stereocenters. The third-order valence-corrected chi connectivity index (χ3v) is 6.36. The molecule has 156 valence electrons. The molecule has 0 aliphatic rings. The first kappa shape index (κ1) is 20.3. The second kappa shape index (κ2) is 8.05. The van der Waals surface area contributed by atoms with Crippen molar-refractivity contribution in [2.45, 2.75) is 5.16 Å². The summed E-state index contributed by atoms with van der Waals surface area (Å²) in [6.07, 6.45) is 8.31. The van der Waals surface area contributed by atoms with Crippen LogP contribution < -0.4 is 9.62 Å². The van der Waals surface area contributed by atoms with Crippen molar-refractivity contribution < 1.29 is 8.42 Å². The Morgan fingerprint density at radius 1 is 1.20 bits per heavy atom. The Hall–Kier alpha value is -2.95. The fourth-order valence-corrected chi connectivity index (χ4v) is 4.41. The van der Waals surface area contributed by atoms with E-state index in [0.29, 0.717) is 17.4 Å². The van der Waals surface area contributed by atoms with Crippen LogP contribution in [-0.2, 0) is 17.1 Å². The van der Waals surface area contributed by atoms with Crippen LogP contribution in [0.3, 0.4) is 0 Å². The second-order valence-electron chi connectivity index (χ2n) is 6.77. The maximum absolute atomic E-state index is 12.4. The van der Waals surface area contributed by atoms with Crippen molar-refractivity contribution in [3.8, 4) is 5.69 Å². The lowest BCUT2D eigenvalue weighted by Gasteiger charge is -2.20. The summed E-state index contributed by atoms with van der Waals surface area (Å²) in [5.41, 5.74) is 1.65. The number of nitrogens with one attached hydrogen (secondary N) is 1. The van der Waals surface area contributed by atoms with Gasteiger partial charge in [0, 0.05) is 68.4 Å². The van der Waals surface area contributed by atoms with Gasteiger partial charge in [-0.05, 0) is 18.2 Å². The predicted octanol–water partition coefficient (Wildman–Crippen LogP) is 2.22. The molecular weight excluding hydrogens is 426 g/mol. The summed E-state index contributed by atoms with van der Waals surface area (Å²) in [7, 11) is -0.197. The van der Waals surface area contributed by atoms with E-state index in [0.717, 1.165) is 16.6 Å². The van der Waals surface area contributed by atoms with Crippen LogP contribution in [0.5, 0.6) is 0 Å². The summed E-state index contributed by atoms with van der Waals surface area (Å²) in [4.78, 5) is 14.6. The van der Waals surface area contributed by atoms with E-state index >= 15 is 0 Å². The van der Waals surface area contributed by atoms with Gasteiger partial charge in [-0.2, -0.15) is 0 Å². The molecule has 4 aromatic rings. The van der Waals surface area contributed by atoms with E-state index in [1.807, 2.05) is 40.9 Å². The van der Waals surface area contributed by atoms with Crippen LogP contribution in [0.15, 0.2) is 60.5 Å². The molecule has 0 saturated heterocycles. The Morgan fingerprint density at radius 2 is 2.03 bits per heavy atom. The number of sulfonamides is 1. The molecular formula is C19H20ClN7O2S. The molecule has 0 aliphatic carbocycles. The Morgan fingerprint density at radius 3 is 2.73 bits per heavy atom. The van der Waals surface area contributed by atoms with E-state index < -0.39 is 10.0 Å². The van der Waals surface area contributed by atoms with Crippen LogP contribution in [0.1, 0.15) is 0 Å². The summed E-state index contributed by atoms with van der Waals surface area (Å²) in [5, 5.41) is 1.50. The van der Waals surface area contributed by atoms with Crippen molar-refractivity contribution in [1.82, 2.24) is 28.8 Å². The highest BCUT2D eigenvalue weighted by Gasteiger charge is 2.19. The minimum Gasteiger partial charge on any atom is -0.358 e. The number of halogens is 1. The van der Waals surface area contributed by atoms with Crippen molar-refractivity contribution in [2.24, 2.45) is 7.05 Å². The molecule has 0 atom stereocenters. The van der Waals surface area contributed by atoms with Crippen LogP contribution in [0.25, 0.3) is 16.6 Å². The van der Waals surface area contributed by atoms with Crippen molar-refractivity contribution in [3.05, 3.63) is 60.4 Å². The highest BCUT2D eigenvalue weighted by atomic mass is 35.5. The van der Waals surface area contributed by atoms with Gasteiger partial charge in [0.2, 0.25) is 5.16 Å². The standard InChI is InChI=1S/C19H20ClN7O2S/c1-25(9-7-23-30(28,29)19-22-6-8-26(19)2)18-12-17(27-10-5-21-13-27)15-4-3-14(20)11-16(15)24-18/h3-6,8,10-13,23H,7,9H2,1-2H3. The van der Waals surface area contributed by atoms with Gasteiger partial charge < -0.3 is 14.0 Å². The SMILES string of the molecule is CN(CCNS(=O)(=O)c1nccn1C)c1cc(-n2ccnc2)c2ccc(Cl)cc2n1. The predicted molar refractivity (Wildman–Crippen MR) is 116 cm³/mol. The molecule has 3 heterocycles. The van der Waals surface area contributed by atoms with Gasteiger partial charge in [0.15, 0.2) is 0 Å². The quantitative estimate of drug-likeness (QED) is 0.468. The fourth-order valence-electron chi connectivity index (χ4n) is 3.12. The Balaban J connectivity index is 1.57. The normalized spacial score (nSPS) is 11.8. The molecule has 11 heteroatoms. The summed E-state index contributed by atoms with van der Waals surface area (Å²) >= 11 is 6.17. The minimum atomic E-state index is -3.68. The van der Waals surface area contributed by atoms with Gasteiger partial charge in [0.1, 0.15) is 5.82 Å². The third-order valence-electron chi connectivity index (χ3n) is 4.67. The van der Waals surface area contributed by atoms with Crippen LogP contribution >= 0.6 is 11.6 Å². The largest absolute Gasteiger partial charge is 0.358 e. The number of nitrogens with zero attached hydrogens (tertiary/aromatic N) is 6. The number of aryl methyl sites for hydroxylation is 1. The third kappa shape index (κ3) is 4.02. The number of imidazole rings is 2. The molecule has 0 spiro atoms. The molecule has 0 radical (unpaired) electrons. The minimum absolute atomic E-state index is 0.0222. The molecule has 0 aliphatic heterocycles. The number of benzene rings is 1. The van der Waals surface area contributed by atoms with Crippen LogP contribution in [-0.4, -0.2) is 52.6 Å². The molecule has 0 bridgehead atoms. The van der Waals surface area contributed by atoms with Gasteiger partial charge >= 0.3 is 0 Å². The molecule has 0 saturated carbocycles. The molecule has 0 fully saturated rings. The summed E-state index contributed by atoms with van der Waals surface area (Å²) < 4.78 is 30.7. The summed E-state index contributed by atoms with van der Waals surface area (Å²) in [6, 6.07) is 7.48. The molecule has 4 rings (SSSR count). The average molecular weight is 446 g/mol. The second-order valence-corrected chi connectivity index (χ2v) is 8.87. The van der Waals surface area contributed by atoms with E-state index in [9.17, 15) is 8.42 Å². The van der Waals surface area contributed by atoms with E-state index in [2.05, 4.69) is 14.7 Å². The van der Waals surface area contributed by atoms with Gasteiger partial charge in [0.25, 0.3) is 10.0 Å². The lowest BCUT2D eigenvalue weighted by atomic mass is 10.1. The average Bonchev–Trinajstić information content (AvgIpc) is 3.38. The van der Waals surface area contributed by atoms with Gasteiger partial charge in [-0.15, -0.1) is 0 Å². The van der Waals surface area contributed by atoms with Crippen molar-refractivity contribution in [1.29, 1.82) is 0 Å². The number of likely N-dealkylation sites (N-methyl/N-ethyl adjacent to an activating group) is 1. The van der Waals surface area contributed by atoms with Crippen molar-refractivity contribution >= 4 is 38.3 Å². The number of rotatable bonds is 7. The smallest absolute Gasteiger partial charge is 0.274 e. The highest BCUT2D eigenvalue weighted by Crippen LogP contribution is 2.27. The Bertz CT molecular complexity index is 1290. The number of fused-ring (bicyclic) bond motifs is 1.